The molecule has 0 fully saturated rings. The molecular weight excluding hydrogens is 349 g/mol. The van der Waals surface area contributed by atoms with Crippen LogP contribution in [0.1, 0.15) is 12.7 Å². The van der Waals surface area contributed by atoms with E-state index in [1.165, 1.54) is 24.5 Å². The van der Waals surface area contributed by atoms with Gasteiger partial charge in [-0.3, -0.25) is 4.79 Å². The van der Waals surface area contributed by atoms with Gasteiger partial charge in [0.1, 0.15) is 25.0 Å². The van der Waals surface area contributed by atoms with E-state index in [1.54, 1.807) is 38.6 Å². The zero-order valence-corrected chi connectivity index (χ0v) is 14.5. The number of aryl methyl sites for hydroxylation is 1. The van der Waals surface area contributed by atoms with E-state index in [2.05, 4.69) is 20.2 Å². The predicted octanol–water partition coefficient (Wildman–Crippen LogP) is 1.89. The van der Waals surface area contributed by atoms with Crippen LogP contribution in [0, 0.1) is 5.82 Å². The molecule has 0 bridgehead atoms. The summed E-state index contributed by atoms with van der Waals surface area (Å²) in [6.45, 7) is 2.81. The van der Waals surface area contributed by atoms with Gasteiger partial charge in [0.15, 0.2) is 11.6 Å². The van der Waals surface area contributed by atoms with Crippen molar-refractivity contribution >= 4 is 0 Å². The van der Waals surface area contributed by atoms with Gasteiger partial charge in [-0.25, -0.2) is 23.7 Å². The first-order valence-electron chi connectivity index (χ1n) is 8.39. The summed E-state index contributed by atoms with van der Waals surface area (Å²) in [6, 6.07) is 9.26. The lowest BCUT2D eigenvalue weighted by atomic mass is 10.2. The monoisotopic (exact) mass is 365 g/mol. The van der Waals surface area contributed by atoms with Crippen molar-refractivity contribution in [3.63, 3.8) is 0 Å². The molecule has 1 aromatic carbocycles. The zero-order chi connectivity index (χ0) is 18.8. The summed E-state index contributed by atoms with van der Waals surface area (Å²) < 4.78 is 18.1. The van der Waals surface area contributed by atoms with Crippen LogP contribution < -0.4 is 5.56 Å². The molecule has 0 atom stereocenters. The van der Waals surface area contributed by atoms with Crippen molar-refractivity contribution in [1.82, 2.24) is 34.1 Å². The molecule has 0 saturated carbocycles. The smallest absolute Gasteiger partial charge is 0.251 e. The van der Waals surface area contributed by atoms with E-state index in [9.17, 15) is 9.18 Å². The van der Waals surface area contributed by atoms with E-state index in [0.717, 1.165) is 0 Å². The Hall–Kier alpha value is -3.62. The van der Waals surface area contributed by atoms with Gasteiger partial charge in [0, 0.05) is 24.4 Å². The van der Waals surface area contributed by atoms with Crippen LogP contribution in [-0.2, 0) is 13.1 Å². The molecule has 0 aliphatic heterocycles. The van der Waals surface area contributed by atoms with Crippen molar-refractivity contribution in [1.29, 1.82) is 0 Å². The van der Waals surface area contributed by atoms with Crippen molar-refractivity contribution in [2.75, 3.05) is 0 Å². The van der Waals surface area contributed by atoms with E-state index in [1.807, 2.05) is 13.0 Å². The van der Waals surface area contributed by atoms with E-state index in [-0.39, 0.29) is 11.4 Å². The maximum atomic E-state index is 13.3. The predicted molar refractivity (Wildman–Crippen MR) is 95.8 cm³/mol. The average molecular weight is 365 g/mol. The highest BCUT2D eigenvalue weighted by Crippen LogP contribution is 2.20. The minimum Gasteiger partial charge on any atom is -0.316 e. The van der Waals surface area contributed by atoms with E-state index in [0.29, 0.717) is 36.0 Å². The molecule has 3 heterocycles. The Morgan fingerprint density at radius 3 is 2.63 bits per heavy atom. The van der Waals surface area contributed by atoms with Gasteiger partial charge < -0.3 is 4.57 Å². The number of benzene rings is 1. The molecule has 0 radical (unpaired) electrons. The lowest BCUT2D eigenvalue weighted by Crippen LogP contribution is -2.17. The standard InChI is InChI=1S/C18H16FN7O/c1-2-24-8-7-13(9-17(24)27)18-22-16(10-25-12-20-11-21-25)23-26(18)15-5-3-14(19)4-6-15/h3-9,11-12H,2,10H2,1H3. The normalized spacial score (nSPS) is 11.0. The number of hydrogen-bond donors (Lipinski definition) is 0. The molecule has 136 valence electrons. The second-order valence-electron chi connectivity index (χ2n) is 5.87. The number of pyridine rings is 1. The van der Waals surface area contributed by atoms with Gasteiger partial charge in [-0.05, 0) is 37.3 Å². The Bertz CT molecular complexity index is 1110. The van der Waals surface area contributed by atoms with Crippen molar-refractivity contribution < 1.29 is 4.39 Å². The van der Waals surface area contributed by atoms with Crippen LogP contribution in [0.2, 0.25) is 0 Å². The fraction of sp³-hybridized carbons (Fsp3) is 0.167. The summed E-state index contributed by atoms with van der Waals surface area (Å²) in [6.07, 6.45) is 4.72. The second kappa shape index (κ2) is 6.94. The van der Waals surface area contributed by atoms with E-state index in [4.69, 9.17) is 0 Å². The van der Waals surface area contributed by atoms with E-state index < -0.39 is 0 Å². The Morgan fingerprint density at radius 2 is 1.96 bits per heavy atom. The summed E-state index contributed by atoms with van der Waals surface area (Å²) in [5, 5.41) is 8.58. The number of halogens is 1. The van der Waals surface area contributed by atoms with Crippen molar-refractivity contribution in [3.05, 3.63) is 77.2 Å². The van der Waals surface area contributed by atoms with Crippen molar-refractivity contribution in [2.45, 2.75) is 20.0 Å². The van der Waals surface area contributed by atoms with Crippen LogP contribution in [0.5, 0.6) is 0 Å². The lowest BCUT2D eigenvalue weighted by Gasteiger charge is -2.07. The topological polar surface area (TPSA) is 83.4 Å². The fourth-order valence-corrected chi connectivity index (χ4v) is 2.74. The van der Waals surface area contributed by atoms with Crippen LogP contribution in [0.4, 0.5) is 4.39 Å². The van der Waals surface area contributed by atoms with Gasteiger partial charge in [-0.1, -0.05) is 0 Å². The van der Waals surface area contributed by atoms with Crippen molar-refractivity contribution in [2.24, 2.45) is 0 Å². The third-order valence-corrected chi connectivity index (χ3v) is 4.09. The first kappa shape index (κ1) is 16.8. The number of nitrogens with zero attached hydrogens (tertiary/aromatic N) is 7. The summed E-state index contributed by atoms with van der Waals surface area (Å²) in [5.41, 5.74) is 1.15. The Labute approximate surface area is 153 Å². The van der Waals surface area contributed by atoms with Gasteiger partial charge in [0.25, 0.3) is 5.56 Å². The van der Waals surface area contributed by atoms with Gasteiger partial charge >= 0.3 is 0 Å². The van der Waals surface area contributed by atoms with Gasteiger partial charge in [-0.2, -0.15) is 5.10 Å². The van der Waals surface area contributed by atoms with Crippen LogP contribution in [0.15, 0.2) is 60.0 Å². The Morgan fingerprint density at radius 1 is 1.15 bits per heavy atom. The van der Waals surface area contributed by atoms with Crippen LogP contribution >= 0.6 is 0 Å². The molecule has 8 nitrogen and oxygen atoms in total. The highest BCUT2D eigenvalue weighted by molar-refractivity contribution is 5.57. The van der Waals surface area contributed by atoms with Crippen molar-refractivity contribution in [3.8, 4) is 17.1 Å². The molecule has 27 heavy (non-hydrogen) atoms. The van der Waals surface area contributed by atoms with Gasteiger partial charge in [0.05, 0.1) is 5.69 Å². The summed E-state index contributed by atoms with van der Waals surface area (Å²) in [4.78, 5) is 20.7. The number of aromatic nitrogens is 7. The maximum Gasteiger partial charge on any atom is 0.251 e. The maximum absolute atomic E-state index is 13.3. The molecule has 0 unspecified atom stereocenters. The minimum absolute atomic E-state index is 0.124. The summed E-state index contributed by atoms with van der Waals surface area (Å²) in [7, 11) is 0. The molecule has 0 amide bonds. The van der Waals surface area contributed by atoms with Gasteiger partial charge in [0.2, 0.25) is 0 Å². The van der Waals surface area contributed by atoms with Crippen LogP contribution in [-0.4, -0.2) is 34.1 Å². The molecule has 0 aliphatic carbocycles. The molecular formula is C18H16FN7O. The fourth-order valence-electron chi connectivity index (χ4n) is 2.74. The first-order chi connectivity index (χ1) is 13.1. The molecule has 4 aromatic rings. The first-order valence-corrected chi connectivity index (χ1v) is 8.39. The quantitative estimate of drug-likeness (QED) is 0.539. The molecule has 4 rings (SSSR count). The molecule has 9 heteroatoms. The third-order valence-electron chi connectivity index (χ3n) is 4.09. The van der Waals surface area contributed by atoms with Gasteiger partial charge in [-0.15, -0.1) is 5.10 Å². The van der Waals surface area contributed by atoms with Crippen LogP contribution in [0.3, 0.4) is 0 Å². The Balaban J connectivity index is 1.82. The zero-order valence-electron chi connectivity index (χ0n) is 14.5. The summed E-state index contributed by atoms with van der Waals surface area (Å²) >= 11 is 0. The molecule has 0 aliphatic rings. The second-order valence-corrected chi connectivity index (χ2v) is 5.87. The average Bonchev–Trinajstić information content (AvgIpc) is 3.33. The molecule has 0 N–H and O–H groups in total. The number of rotatable bonds is 5. The minimum atomic E-state index is -0.339. The van der Waals surface area contributed by atoms with Crippen LogP contribution in [0.25, 0.3) is 17.1 Å². The van der Waals surface area contributed by atoms with E-state index >= 15 is 0 Å². The molecule has 0 spiro atoms. The SMILES string of the molecule is CCn1ccc(-c2nc(Cn3cncn3)nn2-c2ccc(F)cc2)cc1=O. The highest BCUT2D eigenvalue weighted by atomic mass is 19.1. The molecule has 3 aromatic heterocycles. The highest BCUT2D eigenvalue weighted by Gasteiger charge is 2.15. The Kier molecular flexibility index (Phi) is 4.33. The third kappa shape index (κ3) is 3.39. The number of hydrogen-bond acceptors (Lipinski definition) is 5. The largest absolute Gasteiger partial charge is 0.316 e. The lowest BCUT2D eigenvalue weighted by molar-refractivity contribution is 0.626. The summed E-state index contributed by atoms with van der Waals surface area (Å²) in [5.74, 6) is 0.658. The molecule has 0 saturated heterocycles.